The second-order valence-corrected chi connectivity index (χ2v) is 18.5. The zero-order valence-corrected chi connectivity index (χ0v) is 25.5. The van der Waals surface area contributed by atoms with Gasteiger partial charge in [0.05, 0.1) is 23.5 Å². The lowest BCUT2D eigenvalue weighted by molar-refractivity contribution is -0.0839. The number of nitrogens with one attached hydrogen (secondary N) is 2. The van der Waals surface area contributed by atoms with E-state index in [4.69, 9.17) is 9.26 Å². The Hall–Kier alpha value is -2.85. The van der Waals surface area contributed by atoms with Crippen LogP contribution in [-0.2, 0) is 9.26 Å². The number of carbonyl (C=O) groups excluding carboxylic acids is 1. The fourth-order valence-electron chi connectivity index (χ4n) is 3.10. The highest BCUT2D eigenvalue weighted by atomic mass is 28.3. The van der Waals surface area contributed by atoms with Crippen LogP contribution in [0.4, 0.5) is 24.5 Å². The molecule has 38 heavy (non-hydrogen) atoms. The van der Waals surface area contributed by atoms with Crippen LogP contribution in [0.1, 0.15) is 42.3 Å². The van der Waals surface area contributed by atoms with E-state index in [1.54, 1.807) is 6.07 Å². The number of hydrogen-bond donors (Lipinski definition) is 2. The van der Waals surface area contributed by atoms with Crippen molar-refractivity contribution in [2.24, 2.45) is 5.41 Å². The van der Waals surface area contributed by atoms with Crippen molar-refractivity contribution in [3.8, 4) is 11.5 Å². The summed E-state index contributed by atoms with van der Waals surface area (Å²) in [6.45, 7) is 19.7. The molecule has 0 aliphatic rings. The van der Waals surface area contributed by atoms with Crippen LogP contribution in [-0.4, -0.2) is 35.7 Å². The van der Waals surface area contributed by atoms with E-state index in [-0.39, 0.29) is 28.8 Å². The average molecular weight is 563 g/mol. The molecule has 0 spiro atoms. The minimum atomic E-state index is -1.67. The number of hydrogen-bond acceptors (Lipinski definition) is 4. The predicted octanol–water partition coefficient (Wildman–Crippen LogP) is 6.80. The molecule has 2 aromatic rings. The molecule has 5 nitrogen and oxygen atoms in total. The van der Waals surface area contributed by atoms with Gasteiger partial charge in [-0.1, -0.05) is 59.0 Å². The first-order valence-electron chi connectivity index (χ1n) is 12.3. The monoisotopic (exact) mass is 562 g/mol. The van der Waals surface area contributed by atoms with Crippen molar-refractivity contribution in [2.75, 3.05) is 11.9 Å². The summed E-state index contributed by atoms with van der Waals surface area (Å²) in [4.78, 5) is 18.8. The third-order valence-electron chi connectivity index (χ3n) is 5.35. The number of amides is 1. The van der Waals surface area contributed by atoms with Gasteiger partial charge in [0.25, 0.3) is 5.91 Å². The third kappa shape index (κ3) is 8.87. The predicted molar refractivity (Wildman–Crippen MR) is 153 cm³/mol. The molecule has 0 aliphatic heterocycles. The largest absolute Gasteiger partial charge is 0.418 e. The van der Waals surface area contributed by atoms with E-state index in [1.807, 2.05) is 33.9 Å². The maximum atomic E-state index is 15.2. The second-order valence-electron chi connectivity index (χ2n) is 11.3. The summed E-state index contributed by atoms with van der Waals surface area (Å²) >= 11 is 0. The van der Waals surface area contributed by atoms with Gasteiger partial charge in [-0.15, -0.1) is 5.54 Å². The minimum Gasteiger partial charge on any atom is -0.418 e. The molecule has 0 heterocycles. The van der Waals surface area contributed by atoms with Gasteiger partial charge < -0.3 is 9.74 Å². The number of carbonyl (C=O) groups is 1. The van der Waals surface area contributed by atoms with Gasteiger partial charge in [0, 0.05) is 11.1 Å². The quantitative estimate of drug-likeness (QED) is 0.201. The standard InChI is InChI=1S/C28H37F3N2O3Si2/c1-10-19-16-20(27(34)33-36-23(28(2,3)4)17-35-37(5)6)26(25(31)24(19)30)32-22-12-11-18(15-21(22)29)13-14-38(7,8)9/h10-12,15-16,23,32,37H,1,17H2,2-9H3,(H,33,34). The molecule has 0 bridgehead atoms. The Kier molecular flexibility index (Phi) is 10.6. The van der Waals surface area contributed by atoms with Crippen molar-refractivity contribution in [2.45, 2.75) is 59.6 Å². The Morgan fingerprint density at radius 1 is 1.16 bits per heavy atom. The van der Waals surface area contributed by atoms with Crippen LogP contribution < -0.4 is 10.8 Å². The lowest BCUT2D eigenvalue weighted by Crippen LogP contribution is -2.41. The summed E-state index contributed by atoms with van der Waals surface area (Å²) in [5, 5.41) is 2.54. The fourth-order valence-corrected chi connectivity index (χ4v) is 4.18. The SMILES string of the molecule is C=Cc1cc(C(=O)NOC(CO[SiH](C)C)C(C)(C)C)c(Nc2ccc(C#C[Si](C)(C)C)cc2F)c(F)c1F. The van der Waals surface area contributed by atoms with Crippen LogP contribution in [0.2, 0.25) is 32.7 Å². The molecule has 2 rings (SSSR count). The molecule has 1 amide bonds. The van der Waals surface area contributed by atoms with Crippen LogP contribution in [0.15, 0.2) is 30.8 Å². The molecular formula is C28H37F3N2O3Si2. The molecule has 10 heteroatoms. The van der Waals surface area contributed by atoms with Gasteiger partial charge in [-0.05, 0) is 42.8 Å². The molecule has 2 aromatic carbocycles. The first kappa shape index (κ1) is 31.4. The maximum absolute atomic E-state index is 15.2. The van der Waals surface area contributed by atoms with E-state index >= 15 is 4.39 Å². The third-order valence-corrected chi connectivity index (χ3v) is 7.08. The van der Waals surface area contributed by atoms with Gasteiger partial charge in [-0.2, -0.15) is 0 Å². The Labute approximate surface area is 226 Å². The first-order chi connectivity index (χ1) is 17.5. The van der Waals surface area contributed by atoms with Gasteiger partial charge in [0.2, 0.25) is 0 Å². The van der Waals surface area contributed by atoms with Gasteiger partial charge in [0.15, 0.2) is 20.7 Å². The summed E-state index contributed by atoms with van der Waals surface area (Å²) < 4.78 is 50.5. The van der Waals surface area contributed by atoms with E-state index in [1.165, 1.54) is 12.1 Å². The highest BCUT2D eigenvalue weighted by Crippen LogP contribution is 2.31. The Morgan fingerprint density at radius 2 is 1.82 bits per heavy atom. The zero-order chi connectivity index (χ0) is 28.8. The summed E-state index contributed by atoms with van der Waals surface area (Å²) in [7, 11) is -3.02. The molecule has 1 atom stereocenters. The van der Waals surface area contributed by atoms with Crippen molar-refractivity contribution < 1.29 is 27.2 Å². The summed E-state index contributed by atoms with van der Waals surface area (Å²) in [5.74, 6) is -1.20. The smallest absolute Gasteiger partial charge is 0.277 e. The average Bonchev–Trinajstić information content (AvgIpc) is 2.80. The molecule has 1 unspecified atom stereocenters. The van der Waals surface area contributed by atoms with E-state index in [9.17, 15) is 13.6 Å². The van der Waals surface area contributed by atoms with Crippen molar-refractivity contribution in [1.29, 1.82) is 0 Å². The first-order valence-corrected chi connectivity index (χ1v) is 18.6. The van der Waals surface area contributed by atoms with Gasteiger partial charge in [-0.25, -0.2) is 18.7 Å². The van der Waals surface area contributed by atoms with Crippen molar-refractivity contribution in [3.63, 3.8) is 0 Å². The van der Waals surface area contributed by atoms with E-state index in [0.717, 1.165) is 12.1 Å². The highest BCUT2D eigenvalue weighted by Gasteiger charge is 2.29. The van der Waals surface area contributed by atoms with E-state index < -0.39 is 52.3 Å². The molecule has 0 aliphatic carbocycles. The van der Waals surface area contributed by atoms with E-state index in [2.05, 4.69) is 48.5 Å². The number of anilines is 2. The lowest BCUT2D eigenvalue weighted by Gasteiger charge is -2.30. The van der Waals surface area contributed by atoms with Crippen molar-refractivity contribution in [3.05, 3.63) is 65.0 Å². The number of rotatable bonds is 9. The summed E-state index contributed by atoms with van der Waals surface area (Å²) in [6, 6.07) is 5.27. The topological polar surface area (TPSA) is 59.6 Å². The Balaban J connectivity index is 2.42. The molecular weight excluding hydrogens is 525 g/mol. The molecule has 0 saturated carbocycles. The number of halogens is 3. The van der Waals surface area contributed by atoms with Gasteiger partial charge in [-0.3, -0.25) is 9.63 Å². The molecule has 0 radical (unpaired) electrons. The fraction of sp³-hybridized carbons (Fsp3) is 0.393. The normalized spacial score (nSPS) is 12.5. The minimum absolute atomic E-state index is 0.147. The summed E-state index contributed by atoms with van der Waals surface area (Å²) in [5.41, 5.74) is 4.35. The number of hydroxylamine groups is 1. The van der Waals surface area contributed by atoms with Crippen LogP contribution in [0.3, 0.4) is 0 Å². The molecule has 206 valence electrons. The van der Waals surface area contributed by atoms with Crippen LogP contribution in [0.5, 0.6) is 0 Å². The number of benzene rings is 2. The Bertz CT molecular complexity index is 1240. The van der Waals surface area contributed by atoms with Gasteiger partial charge in [0.1, 0.15) is 20.0 Å². The maximum Gasteiger partial charge on any atom is 0.277 e. The van der Waals surface area contributed by atoms with Crippen LogP contribution >= 0.6 is 0 Å². The molecule has 2 N–H and O–H groups in total. The highest BCUT2D eigenvalue weighted by molar-refractivity contribution is 6.83. The summed E-state index contributed by atoms with van der Waals surface area (Å²) in [6.07, 6.45) is 0.579. The van der Waals surface area contributed by atoms with Gasteiger partial charge >= 0.3 is 0 Å². The molecule has 0 fully saturated rings. The van der Waals surface area contributed by atoms with Crippen molar-refractivity contribution >= 4 is 40.5 Å². The second kappa shape index (κ2) is 12.8. The van der Waals surface area contributed by atoms with Crippen LogP contribution in [0.25, 0.3) is 6.08 Å². The lowest BCUT2D eigenvalue weighted by atomic mass is 9.90. The molecule has 0 saturated heterocycles. The van der Waals surface area contributed by atoms with E-state index in [0.29, 0.717) is 5.56 Å². The van der Waals surface area contributed by atoms with Crippen molar-refractivity contribution in [1.82, 2.24) is 5.48 Å². The Morgan fingerprint density at radius 3 is 2.34 bits per heavy atom. The van der Waals surface area contributed by atoms with Crippen LogP contribution in [0, 0.1) is 34.3 Å². The zero-order valence-electron chi connectivity index (χ0n) is 23.3. The molecule has 0 aromatic heterocycles.